The smallest absolute Gasteiger partial charge is 0.243 e. The van der Waals surface area contributed by atoms with Gasteiger partial charge in [-0.3, -0.25) is 0 Å². The van der Waals surface area contributed by atoms with Crippen molar-refractivity contribution < 1.29 is 8.42 Å². The standard InChI is InChI=1S/C9H17N5O2S/c1-2-4-11-9-12-8(10)14(13-9)7-3-5-17(15,16)6-7/h7H,2-6H2,1H3,(H3,10,11,12,13). The number of nitrogen functional groups attached to an aromatic ring is 1. The molecular formula is C9H17N5O2S. The minimum absolute atomic E-state index is 0.105. The molecule has 0 spiro atoms. The summed E-state index contributed by atoms with van der Waals surface area (Å²) in [4.78, 5) is 4.06. The van der Waals surface area contributed by atoms with Crippen molar-refractivity contribution in [3.05, 3.63) is 0 Å². The van der Waals surface area contributed by atoms with Gasteiger partial charge in [-0.2, -0.15) is 4.98 Å². The summed E-state index contributed by atoms with van der Waals surface area (Å²) in [7, 11) is -2.93. The molecule has 1 aliphatic rings. The molecule has 0 radical (unpaired) electrons. The molecule has 0 bridgehead atoms. The number of anilines is 2. The van der Waals surface area contributed by atoms with Crippen molar-refractivity contribution in [3.8, 4) is 0 Å². The lowest BCUT2D eigenvalue weighted by atomic mass is 10.3. The maximum Gasteiger partial charge on any atom is 0.243 e. The van der Waals surface area contributed by atoms with Crippen LogP contribution in [0.5, 0.6) is 0 Å². The molecule has 1 aromatic rings. The summed E-state index contributed by atoms with van der Waals surface area (Å²) in [6.45, 7) is 2.81. The number of rotatable bonds is 4. The Labute approximate surface area is 100 Å². The van der Waals surface area contributed by atoms with Gasteiger partial charge >= 0.3 is 0 Å². The number of aromatic nitrogens is 3. The highest BCUT2D eigenvalue weighted by Crippen LogP contribution is 2.25. The monoisotopic (exact) mass is 259 g/mol. The van der Waals surface area contributed by atoms with E-state index >= 15 is 0 Å². The van der Waals surface area contributed by atoms with E-state index in [1.165, 1.54) is 4.68 Å². The van der Waals surface area contributed by atoms with E-state index in [2.05, 4.69) is 15.4 Å². The van der Waals surface area contributed by atoms with Gasteiger partial charge in [-0.25, -0.2) is 13.1 Å². The van der Waals surface area contributed by atoms with Gasteiger partial charge in [0, 0.05) is 6.54 Å². The molecule has 2 heterocycles. The third-order valence-electron chi connectivity index (χ3n) is 2.75. The third kappa shape index (κ3) is 2.68. The molecule has 7 nitrogen and oxygen atoms in total. The third-order valence-corrected chi connectivity index (χ3v) is 4.50. The van der Waals surface area contributed by atoms with Gasteiger partial charge in [-0.15, -0.1) is 5.10 Å². The van der Waals surface area contributed by atoms with Crippen molar-refractivity contribution in [3.63, 3.8) is 0 Å². The molecule has 1 aliphatic heterocycles. The molecule has 1 fully saturated rings. The Morgan fingerprint density at radius 1 is 1.59 bits per heavy atom. The highest BCUT2D eigenvalue weighted by molar-refractivity contribution is 7.91. The fourth-order valence-corrected chi connectivity index (χ4v) is 3.58. The molecule has 2 rings (SSSR count). The number of nitrogens with zero attached hydrogens (tertiary/aromatic N) is 3. The lowest BCUT2D eigenvalue weighted by Crippen LogP contribution is -2.15. The normalized spacial score (nSPS) is 22.8. The molecule has 8 heteroatoms. The molecule has 0 aliphatic carbocycles. The second kappa shape index (κ2) is 4.52. The van der Waals surface area contributed by atoms with E-state index in [0.29, 0.717) is 12.4 Å². The largest absolute Gasteiger partial charge is 0.368 e. The topological polar surface area (TPSA) is 103 Å². The minimum atomic E-state index is -2.93. The minimum Gasteiger partial charge on any atom is -0.368 e. The number of nitrogens with two attached hydrogens (primary N) is 1. The lowest BCUT2D eigenvalue weighted by molar-refractivity contribution is 0.507. The number of hydrogen-bond donors (Lipinski definition) is 2. The van der Waals surface area contributed by atoms with E-state index in [9.17, 15) is 8.42 Å². The number of hydrogen-bond acceptors (Lipinski definition) is 6. The van der Waals surface area contributed by atoms with Gasteiger partial charge in [0.25, 0.3) is 0 Å². The lowest BCUT2D eigenvalue weighted by Gasteiger charge is -2.08. The zero-order chi connectivity index (χ0) is 12.5. The molecule has 1 saturated heterocycles. The molecule has 1 atom stereocenters. The van der Waals surface area contributed by atoms with Crippen molar-refractivity contribution in [1.82, 2.24) is 14.8 Å². The van der Waals surface area contributed by atoms with E-state index < -0.39 is 9.84 Å². The highest BCUT2D eigenvalue weighted by Gasteiger charge is 2.31. The summed E-state index contributed by atoms with van der Waals surface area (Å²) in [6, 6.07) is -0.176. The Morgan fingerprint density at radius 2 is 2.35 bits per heavy atom. The molecule has 1 unspecified atom stereocenters. The summed E-state index contributed by atoms with van der Waals surface area (Å²) < 4.78 is 24.3. The van der Waals surface area contributed by atoms with Crippen molar-refractivity contribution in [2.75, 3.05) is 29.1 Å². The average Bonchev–Trinajstić information content (AvgIpc) is 2.78. The van der Waals surface area contributed by atoms with Gasteiger partial charge in [-0.1, -0.05) is 6.92 Å². The van der Waals surface area contributed by atoms with E-state index in [0.717, 1.165) is 13.0 Å². The zero-order valence-corrected chi connectivity index (χ0v) is 10.6. The van der Waals surface area contributed by atoms with Crippen molar-refractivity contribution in [2.45, 2.75) is 25.8 Å². The van der Waals surface area contributed by atoms with Gasteiger partial charge in [0.1, 0.15) is 0 Å². The molecule has 0 amide bonds. The predicted molar refractivity (Wildman–Crippen MR) is 65.5 cm³/mol. The molecule has 0 aromatic carbocycles. The summed E-state index contributed by atoms with van der Waals surface area (Å²) in [6.07, 6.45) is 1.52. The summed E-state index contributed by atoms with van der Waals surface area (Å²) in [5.41, 5.74) is 5.74. The van der Waals surface area contributed by atoms with Crippen LogP contribution in [0.4, 0.5) is 11.9 Å². The fourth-order valence-electron chi connectivity index (χ4n) is 1.88. The Bertz CT molecular complexity index is 495. The van der Waals surface area contributed by atoms with Crippen LogP contribution in [0.25, 0.3) is 0 Å². The molecule has 1 aromatic heterocycles. The summed E-state index contributed by atoms with van der Waals surface area (Å²) in [5.74, 6) is 1.04. The van der Waals surface area contributed by atoms with Crippen molar-refractivity contribution in [2.24, 2.45) is 0 Å². The second-order valence-corrected chi connectivity index (χ2v) is 6.45. The van der Waals surface area contributed by atoms with Gasteiger partial charge in [0.15, 0.2) is 9.84 Å². The molecule has 96 valence electrons. The molecule has 0 saturated carbocycles. The van der Waals surface area contributed by atoms with Crippen LogP contribution in [-0.4, -0.2) is 41.2 Å². The van der Waals surface area contributed by atoms with Crippen LogP contribution in [0.3, 0.4) is 0 Å². The Balaban J connectivity index is 2.13. The fraction of sp³-hybridized carbons (Fsp3) is 0.778. The van der Waals surface area contributed by atoms with Gasteiger partial charge in [-0.05, 0) is 12.8 Å². The molecule has 17 heavy (non-hydrogen) atoms. The average molecular weight is 259 g/mol. The summed E-state index contributed by atoms with van der Waals surface area (Å²) >= 11 is 0. The molecule has 3 N–H and O–H groups in total. The first-order chi connectivity index (χ1) is 8.02. The van der Waals surface area contributed by atoms with Gasteiger partial charge < -0.3 is 11.1 Å². The first kappa shape index (κ1) is 12.2. The van der Waals surface area contributed by atoms with Crippen LogP contribution < -0.4 is 11.1 Å². The van der Waals surface area contributed by atoms with Crippen LogP contribution in [0.1, 0.15) is 25.8 Å². The van der Waals surface area contributed by atoms with Crippen LogP contribution in [0.15, 0.2) is 0 Å². The number of sulfone groups is 1. The van der Waals surface area contributed by atoms with Crippen LogP contribution in [0, 0.1) is 0 Å². The van der Waals surface area contributed by atoms with E-state index in [1.807, 2.05) is 6.92 Å². The summed E-state index contributed by atoms with van der Waals surface area (Å²) in [5, 5.41) is 7.23. The number of nitrogens with one attached hydrogen (secondary N) is 1. The molecular weight excluding hydrogens is 242 g/mol. The van der Waals surface area contributed by atoms with Gasteiger partial charge in [0.2, 0.25) is 11.9 Å². The van der Waals surface area contributed by atoms with Crippen molar-refractivity contribution >= 4 is 21.7 Å². The first-order valence-corrected chi connectivity index (χ1v) is 7.50. The Kier molecular flexibility index (Phi) is 3.23. The van der Waals surface area contributed by atoms with Crippen LogP contribution in [-0.2, 0) is 9.84 Å². The SMILES string of the molecule is CCCNc1nc(N)n(C2CCS(=O)(=O)C2)n1. The maximum atomic E-state index is 11.4. The maximum absolute atomic E-state index is 11.4. The van der Waals surface area contributed by atoms with E-state index in [-0.39, 0.29) is 23.5 Å². The van der Waals surface area contributed by atoms with Crippen molar-refractivity contribution in [1.29, 1.82) is 0 Å². The Hall–Kier alpha value is -1.31. The highest BCUT2D eigenvalue weighted by atomic mass is 32.2. The zero-order valence-electron chi connectivity index (χ0n) is 9.76. The quantitative estimate of drug-likeness (QED) is 0.791. The predicted octanol–water partition coefficient (Wildman–Crippen LogP) is 0.0418. The van der Waals surface area contributed by atoms with E-state index in [4.69, 9.17) is 5.73 Å². The Morgan fingerprint density at radius 3 is 2.94 bits per heavy atom. The van der Waals surface area contributed by atoms with E-state index in [1.54, 1.807) is 0 Å². The second-order valence-electron chi connectivity index (χ2n) is 4.22. The first-order valence-electron chi connectivity index (χ1n) is 5.68. The van der Waals surface area contributed by atoms with Crippen LogP contribution >= 0.6 is 0 Å². The van der Waals surface area contributed by atoms with Crippen LogP contribution in [0.2, 0.25) is 0 Å². The van der Waals surface area contributed by atoms with Gasteiger partial charge in [0.05, 0.1) is 17.5 Å².